The van der Waals surface area contributed by atoms with Crippen molar-refractivity contribution < 1.29 is 22.7 Å². The van der Waals surface area contributed by atoms with Gasteiger partial charge in [0.1, 0.15) is 0 Å². The minimum Gasteiger partial charge on any atom is -0.454 e. The van der Waals surface area contributed by atoms with Crippen LogP contribution >= 0.6 is 11.6 Å². The van der Waals surface area contributed by atoms with Gasteiger partial charge in [-0.1, -0.05) is 23.7 Å². The van der Waals surface area contributed by atoms with Crippen molar-refractivity contribution in [1.29, 1.82) is 0 Å². The number of carbonyl (C=O) groups excluding carboxylic acids is 1. The minimum absolute atomic E-state index is 0.135. The number of piperidine rings is 1. The van der Waals surface area contributed by atoms with Gasteiger partial charge < -0.3 is 14.8 Å². The molecule has 4 rings (SSSR count). The van der Waals surface area contributed by atoms with E-state index in [9.17, 15) is 13.2 Å². The van der Waals surface area contributed by atoms with E-state index in [1.54, 1.807) is 42.5 Å². The van der Waals surface area contributed by atoms with Crippen LogP contribution in [-0.4, -0.2) is 38.5 Å². The van der Waals surface area contributed by atoms with Gasteiger partial charge in [0.15, 0.2) is 11.5 Å². The highest BCUT2D eigenvalue weighted by Gasteiger charge is 2.32. The van der Waals surface area contributed by atoms with Crippen molar-refractivity contribution in [3.05, 3.63) is 53.1 Å². The van der Waals surface area contributed by atoms with Crippen LogP contribution in [0.5, 0.6) is 11.5 Å². The number of nitrogens with one attached hydrogen (secondary N) is 1. The molecule has 0 aromatic heterocycles. The molecule has 2 aliphatic rings. The highest BCUT2D eigenvalue weighted by atomic mass is 35.5. The molecule has 1 atom stereocenters. The number of benzene rings is 2. The Hall–Kier alpha value is -2.29. The molecule has 0 bridgehead atoms. The van der Waals surface area contributed by atoms with E-state index in [1.807, 2.05) is 0 Å². The molecule has 0 unspecified atom stereocenters. The van der Waals surface area contributed by atoms with Crippen LogP contribution in [-0.2, 0) is 20.6 Å². The van der Waals surface area contributed by atoms with Crippen LogP contribution in [0.3, 0.4) is 0 Å². The van der Waals surface area contributed by atoms with E-state index >= 15 is 0 Å². The lowest BCUT2D eigenvalue weighted by Gasteiger charge is -2.31. The fourth-order valence-corrected chi connectivity index (χ4v) is 5.37. The van der Waals surface area contributed by atoms with E-state index < -0.39 is 15.9 Å². The number of ether oxygens (including phenoxy) is 2. The number of hydrogen-bond donors (Lipinski definition) is 1. The molecular weight excluding hydrogens is 416 g/mol. The molecule has 2 aliphatic heterocycles. The molecule has 0 spiro atoms. The molecule has 154 valence electrons. The summed E-state index contributed by atoms with van der Waals surface area (Å²) in [5.74, 6) is 0.468. The first-order valence-electron chi connectivity index (χ1n) is 9.33. The van der Waals surface area contributed by atoms with Crippen molar-refractivity contribution in [3.63, 3.8) is 0 Å². The fourth-order valence-electron chi connectivity index (χ4n) is 3.56. The number of nitrogens with zero attached hydrogens (tertiary/aromatic N) is 1. The van der Waals surface area contributed by atoms with Crippen molar-refractivity contribution in [1.82, 2.24) is 4.31 Å². The lowest BCUT2D eigenvalue weighted by atomic mass is 9.98. The summed E-state index contributed by atoms with van der Waals surface area (Å²) in [6, 6.07) is 12.0. The van der Waals surface area contributed by atoms with E-state index in [0.717, 1.165) is 0 Å². The Labute approximate surface area is 174 Å². The third kappa shape index (κ3) is 4.66. The van der Waals surface area contributed by atoms with Crippen molar-refractivity contribution in [2.24, 2.45) is 5.92 Å². The Balaban J connectivity index is 1.41. The van der Waals surface area contributed by atoms with Gasteiger partial charge in [0.05, 0.1) is 11.7 Å². The van der Waals surface area contributed by atoms with Gasteiger partial charge >= 0.3 is 0 Å². The van der Waals surface area contributed by atoms with E-state index in [2.05, 4.69) is 5.32 Å². The van der Waals surface area contributed by atoms with Crippen molar-refractivity contribution in [3.8, 4) is 11.5 Å². The molecule has 1 N–H and O–H groups in total. The van der Waals surface area contributed by atoms with Gasteiger partial charge in [-0.2, -0.15) is 0 Å². The normalized spacial score (nSPS) is 19.1. The molecular formula is C20H21ClN2O5S. The van der Waals surface area contributed by atoms with E-state index in [1.165, 1.54) is 4.31 Å². The lowest BCUT2D eigenvalue weighted by Crippen LogP contribution is -2.44. The Morgan fingerprint density at radius 2 is 2.00 bits per heavy atom. The summed E-state index contributed by atoms with van der Waals surface area (Å²) in [6.45, 7) is 0.741. The summed E-state index contributed by atoms with van der Waals surface area (Å²) in [4.78, 5) is 12.7. The van der Waals surface area contributed by atoms with Gasteiger partial charge in [-0.25, -0.2) is 12.7 Å². The number of sulfonamides is 1. The number of rotatable bonds is 5. The van der Waals surface area contributed by atoms with Gasteiger partial charge in [0.25, 0.3) is 0 Å². The molecule has 1 amide bonds. The third-order valence-electron chi connectivity index (χ3n) is 5.03. The predicted molar refractivity (Wildman–Crippen MR) is 110 cm³/mol. The number of halogens is 1. The average molecular weight is 437 g/mol. The van der Waals surface area contributed by atoms with Crippen molar-refractivity contribution in [2.75, 3.05) is 25.2 Å². The standard InChI is InChI=1S/C20H21ClN2O5S/c21-16-5-1-3-14(9-16)12-29(25,26)23-8-2-4-15(11-23)20(24)22-17-6-7-18-19(10-17)28-13-27-18/h1,3,5-7,9-10,15H,2,4,8,11-13H2,(H,22,24)/t15-/m1/s1. The zero-order valence-corrected chi connectivity index (χ0v) is 17.2. The monoisotopic (exact) mass is 436 g/mol. The molecule has 0 aliphatic carbocycles. The second-order valence-electron chi connectivity index (χ2n) is 7.14. The summed E-state index contributed by atoms with van der Waals surface area (Å²) in [7, 11) is -3.54. The molecule has 0 saturated carbocycles. The molecule has 2 heterocycles. The summed E-state index contributed by atoms with van der Waals surface area (Å²) in [5, 5.41) is 3.35. The quantitative estimate of drug-likeness (QED) is 0.777. The topological polar surface area (TPSA) is 84.9 Å². The number of anilines is 1. The molecule has 1 fully saturated rings. The van der Waals surface area contributed by atoms with E-state index in [-0.39, 0.29) is 25.0 Å². The van der Waals surface area contributed by atoms with E-state index in [4.69, 9.17) is 21.1 Å². The van der Waals surface area contributed by atoms with Crippen LogP contribution in [0.15, 0.2) is 42.5 Å². The maximum Gasteiger partial charge on any atom is 0.231 e. The van der Waals surface area contributed by atoms with E-state index in [0.29, 0.717) is 47.2 Å². The fraction of sp³-hybridized carbons (Fsp3) is 0.350. The van der Waals surface area contributed by atoms with Gasteiger partial charge in [-0.15, -0.1) is 0 Å². The molecule has 1 saturated heterocycles. The van der Waals surface area contributed by atoms with Gasteiger partial charge in [-0.3, -0.25) is 4.79 Å². The van der Waals surface area contributed by atoms with Crippen LogP contribution in [0.25, 0.3) is 0 Å². The van der Waals surface area contributed by atoms with Gasteiger partial charge in [0, 0.05) is 29.9 Å². The maximum absolute atomic E-state index is 12.8. The Kier molecular flexibility index (Phi) is 5.67. The number of hydrogen-bond acceptors (Lipinski definition) is 5. The van der Waals surface area contributed by atoms with Crippen LogP contribution in [0.1, 0.15) is 18.4 Å². The predicted octanol–water partition coefficient (Wildman–Crippen LogP) is 3.25. The Bertz CT molecular complexity index is 1030. The van der Waals surface area contributed by atoms with Crippen LogP contribution in [0.2, 0.25) is 5.02 Å². The molecule has 7 nitrogen and oxygen atoms in total. The van der Waals surface area contributed by atoms with Crippen molar-refractivity contribution in [2.45, 2.75) is 18.6 Å². The first kappa shape index (κ1) is 20.0. The summed E-state index contributed by atoms with van der Waals surface area (Å²) >= 11 is 5.96. The smallest absolute Gasteiger partial charge is 0.231 e. The first-order chi connectivity index (χ1) is 13.9. The number of amides is 1. The molecule has 2 aromatic rings. The molecule has 29 heavy (non-hydrogen) atoms. The second kappa shape index (κ2) is 8.22. The molecule has 2 aromatic carbocycles. The Morgan fingerprint density at radius 3 is 2.83 bits per heavy atom. The summed E-state index contributed by atoms with van der Waals surface area (Å²) in [6.07, 6.45) is 1.27. The van der Waals surface area contributed by atoms with Crippen molar-refractivity contribution >= 4 is 33.2 Å². The largest absolute Gasteiger partial charge is 0.454 e. The minimum atomic E-state index is -3.54. The third-order valence-corrected chi connectivity index (χ3v) is 7.08. The lowest BCUT2D eigenvalue weighted by molar-refractivity contribution is -0.120. The second-order valence-corrected chi connectivity index (χ2v) is 9.55. The zero-order chi connectivity index (χ0) is 20.4. The first-order valence-corrected chi connectivity index (χ1v) is 11.3. The van der Waals surface area contributed by atoms with Gasteiger partial charge in [-0.05, 0) is 42.7 Å². The Morgan fingerprint density at radius 1 is 1.17 bits per heavy atom. The molecule has 9 heteroatoms. The molecule has 0 radical (unpaired) electrons. The SMILES string of the molecule is O=C(Nc1ccc2c(c1)OCO2)[C@@H]1CCCN(S(=O)(=O)Cc2cccc(Cl)c2)C1. The van der Waals surface area contributed by atoms with Crippen LogP contribution in [0, 0.1) is 5.92 Å². The summed E-state index contributed by atoms with van der Waals surface area (Å²) in [5.41, 5.74) is 1.22. The number of fused-ring (bicyclic) bond motifs is 1. The zero-order valence-electron chi connectivity index (χ0n) is 15.6. The van der Waals surface area contributed by atoms with Crippen LogP contribution in [0.4, 0.5) is 5.69 Å². The van der Waals surface area contributed by atoms with Crippen LogP contribution < -0.4 is 14.8 Å². The maximum atomic E-state index is 12.8. The summed E-state index contributed by atoms with van der Waals surface area (Å²) < 4.78 is 37.7. The average Bonchev–Trinajstić information content (AvgIpc) is 3.15. The highest BCUT2D eigenvalue weighted by molar-refractivity contribution is 7.88. The highest BCUT2D eigenvalue weighted by Crippen LogP contribution is 2.34. The number of carbonyl (C=O) groups is 1. The van der Waals surface area contributed by atoms with Gasteiger partial charge in [0.2, 0.25) is 22.7 Å².